The van der Waals surface area contributed by atoms with Gasteiger partial charge in [-0.25, -0.2) is 9.78 Å². The van der Waals surface area contributed by atoms with E-state index in [-0.39, 0.29) is 6.03 Å². The molecule has 2 N–H and O–H groups in total. The van der Waals surface area contributed by atoms with Crippen molar-refractivity contribution in [1.29, 1.82) is 0 Å². The molecule has 0 aliphatic rings. The van der Waals surface area contributed by atoms with Gasteiger partial charge in [0.05, 0.1) is 6.61 Å². The number of nitrogens with one attached hydrogen (secondary N) is 2. The van der Waals surface area contributed by atoms with Gasteiger partial charge in [-0.15, -0.1) is 0 Å². The number of aromatic nitrogens is 1. The monoisotopic (exact) mass is 299 g/mol. The van der Waals surface area contributed by atoms with E-state index in [1.165, 1.54) is 5.56 Å². The molecule has 0 bridgehead atoms. The van der Waals surface area contributed by atoms with Gasteiger partial charge in [0.1, 0.15) is 0 Å². The van der Waals surface area contributed by atoms with Gasteiger partial charge in [0.2, 0.25) is 5.88 Å². The lowest BCUT2D eigenvalue weighted by atomic mass is 10.1. The van der Waals surface area contributed by atoms with Gasteiger partial charge in [-0.1, -0.05) is 12.1 Å². The number of pyridine rings is 1. The first kappa shape index (κ1) is 15.8. The number of carbonyl (C=O) groups excluding carboxylic acids is 1. The molecule has 0 unspecified atom stereocenters. The maximum absolute atomic E-state index is 12.0. The number of anilines is 1. The molecule has 2 amide bonds. The number of hydrogen-bond donors (Lipinski definition) is 2. The predicted molar refractivity (Wildman–Crippen MR) is 87.2 cm³/mol. The minimum absolute atomic E-state index is 0.255. The zero-order valence-electron chi connectivity index (χ0n) is 13.1. The van der Waals surface area contributed by atoms with Crippen LogP contribution in [0, 0.1) is 13.8 Å². The standard InChI is InChI=1S/C17H21N3O2/c1-4-22-16-14(6-5-9-18-16)11-19-17(21)20-15-8-7-12(2)13(3)10-15/h5-10H,4,11H2,1-3H3,(H2,19,20,21). The maximum Gasteiger partial charge on any atom is 0.319 e. The largest absolute Gasteiger partial charge is 0.478 e. The highest BCUT2D eigenvalue weighted by molar-refractivity contribution is 5.89. The summed E-state index contributed by atoms with van der Waals surface area (Å²) in [7, 11) is 0. The number of aryl methyl sites for hydroxylation is 2. The van der Waals surface area contributed by atoms with E-state index < -0.39 is 0 Å². The summed E-state index contributed by atoms with van der Waals surface area (Å²) in [4.78, 5) is 16.1. The molecule has 5 nitrogen and oxygen atoms in total. The van der Waals surface area contributed by atoms with Gasteiger partial charge in [-0.05, 0) is 50.1 Å². The molecule has 0 aliphatic carbocycles. The van der Waals surface area contributed by atoms with Crippen LogP contribution in [0.15, 0.2) is 36.5 Å². The topological polar surface area (TPSA) is 63.2 Å². The van der Waals surface area contributed by atoms with Gasteiger partial charge < -0.3 is 15.4 Å². The van der Waals surface area contributed by atoms with E-state index in [9.17, 15) is 4.79 Å². The first-order valence-electron chi connectivity index (χ1n) is 7.29. The van der Waals surface area contributed by atoms with E-state index in [0.717, 1.165) is 16.8 Å². The summed E-state index contributed by atoms with van der Waals surface area (Å²) in [5.41, 5.74) is 3.96. The SMILES string of the molecule is CCOc1ncccc1CNC(=O)Nc1ccc(C)c(C)c1. The van der Waals surface area contributed by atoms with Gasteiger partial charge in [0, 0.05) is 24.0 Å². The fraction of sp³-hybridized carbons (Fsp3) is 0.294. The highest BCUT2D eigenvalue weighted by atomic mass is 16.5. The fourth-order valence-electron chi connectivity index (χ4n) is 2.00. The minimum Gasteiger partial charge on any atom is -0.478 e. The van der Waals surface area contributed by atoms with Gasteiger partial charge in [-0.3, -0.25) is 0 Å². The van der Waals surface area contributed by atoms with Gasteiger partial charge in [-0.2, -0.15) is 0 Å². The predicted octanol–water partition coefficient (Wildman–Crippen LogP) is 3.42. The van der Waals surface area contributed by atoms with Crippen LogP contribution < -0.4 is 15.4 Å². The molecular weight excluding hydrogens is 278 g/mol. The van der Waals surface area contributed by atoms with Crippen LogP contribution in [0.1, 0.15) is 23.6 Å². The molecule has 0 fully saturated rings. The van der Waals surface area contributed by atoms with Crippen LogP contribution in [0.3, 0.4) is 0 Å². The second kappa shape index (κ2) is 7.45. The molecule has 0 saturated heterocycles. The maximum atomic E-state index is 12.0. The Morgan fingerprint density at radius 2 is 2.05 bits per heavy atom. The van der Waals surface area contributed by atoms with E-state index >= 15 is 0 Å². The Bertz CT molecular complexity index is 656. The molecule has 116 valence electrons. The molecule has 22 heavy (non-hydrogen) atoms. The molecule has 0 atom stereocenters. The molecular formula is C17H21N3O2. The van der Waals surface area contributed by atoms with E-state index in [4.69, 9.17) is 4.74 Å². The van der Waals surface area contributed by atoms with Crippen molar-refractivity contribution in [2.75, 3.05) is 11.9 Å². The smallest absolute Gasteiger partial charge is 0.319 e. The lowest BCUT2D eigenvalue weighted by molar-refractivity contribution is 0.251. The summed E-state index contributed by atoms with van der Waals surface area (Å²) in [6, 6.07) is 9.27. The van der Waals surface area contributed by atoms with Crippen molar-refractivity contribution in [2.24, 2.45) is 0 Å². The van der Waals surface area contributed by atoms with Crippen molar-refractivity contribution in [3.8, 4) is 5.88 Å². The highest BCUT2D eigenvalue weighted by Gasteiger charge is 2.07. The van der Waals surface area contributed by atoms with Crippen molar-refractivity contribution in [2.45, 2.75) is 27.3 Å². The number of hydrogen-bond acceptors (Lipinski definition) is 3. The molecule has 0 radical (unpaired) electrons. The highest BCUT2D eigenvalue weighted by Crippen LogP contribution is 2.15. The van der Waals surface area contributed by atoms with E-state index in [1.807, 2.05) is 51.1 Å². The number of carbonyl (C=O) groups is 1. The van der Waals surface area contributed by atoms with Crippen molar-refractivity contribution < 1.29 is 9.53 Å². The quantitative estimate of drug-likeness (QED) is 0.889. The van der Waals surface area contributed by atoms with E-state index in [0.29, 0.717) is 19.0 Å². The van der Waals surface area contributed by atoms with E-state index in [1.54, 1.807) is 6.20 Å². The Kier molecular flexibility index (Phi) is 5.36. The first-order chi connectivity index (χ1) is 10.6. The van der Waals surface area contributed by atoms with Crippen molar-refractivity contribution in [1.82, 2.24) is 10.3 Å². The van der Waals surface area contributed by atoms with Crippen LogP contribution in [0.4, 0.5) is 10.5 Å². The summed E-state index contributed by atoms with van der Waals surface area (Å²) in [5.74, 6) is 0.552. The zero-order valence-corrected chi connectivity index (χ0v) is 13.1. The van der Waals surface area contributed by atoms with Crippen LogP contribution in [-0.4, -0.2) is 17.6 Å². The van der Waals surface area contributed by atoms with Gasteiger partial charge in [0.25, 0.3) is 0 Å². The molecule has 1 heterocycles. The normalized spacial score (nSPS) is 10.1. The van der Waals surface area contributed by atoms with Crippen molar-refractivity contribution >= 4 is 11.7 Å². The van der Waals surface area contributed by atoms with Crippen molar-refractivity contribution in [3.05, 3.63) is 53.2 Å². The third-order valence-corrected chi connectivity index (χ3v) is 3.34. The molecule has 5 heteroatoms. The van der Waals surface area contributed by atoms with Gasteiger partial charge >= 0.3 is 6.03 Å². The number of ether oxygens (including phenoxy) is 1. The molecule has 1 aromatic heterocycles. The second-order valence-corrected chi connectivity index (χ2v) is 5.01. The average molecular weight is 299 g/mol. The zero-order chi connectivity index (χ0) is 15.9. The second-order valence-electron chi connectivity index (χ2n) is 5.01. The molecule has 0 spiro atoms. The molecule has 2 aromatic rings. The molecule has 0 aliphatic heterocycles. The lowest BCUT2D eigenvalue weighted by Gasteiger charge is -2.11. The summed E-state index contributed by atoms with van der Waals surface area (Å²) >= 11 is 0. The lowest BCUT2D eigenvalue weighted by Crippen LogP contribution is -2.28. The summed E-state index contributed by atoms with van der Waals surface area (Å²) in [6.07, 6.45) is 1.67. The Labute approximate surface area is 130 Å². The number of rotatable bonds is 5. The van der Waals surface area contributed by atoms with Crippen LogP contribution in [-0.2, 0) is 6.54 Å². The fourth-order valence-corrected chi connectivity index (χ4v) is 2.00. The van der Waals surface area contributed by atoms with Crippen LogP contribution in [0.25, 0.3) is 0 Å². The number of nitrogens with zero attached hydrogens (tertiary/aromatic N) is 1. The van der Waals surface area contributed by atoms with Gasteiger partial charge in [0.15, 0.2) is 0 Å². The number of urea groups is 1. The summed E-state index contributed by atoms with van der Waals surface area (Å²) < 4.78 is 5.43. The van der Waals surface area contributed by atoms with Crippen LogP contribution >= 0.6 is 0 Å². The average Bonchev–Trinajstić information content (AvgIpc) is 2.50. The third kappa shape index (κ3) is 4.22. The van der Waals surface area contributed by atoms with Crippen LogP contribution in [0.5, 0.6) is 5.88 Å². The minimum atomic E-state index is -0.255. The third-order valence-electron chi connectivity index (χ3n) is 3.34. The number of benzene rings is 1. The Hall–Kier alpha value is -2.56. The first-order valence-corrected chi connectivity index (χ1v) is 7.29. The number of amides is 2. The summed E-state index contributed by atoms with van der Waals surface area (Å²) in [6.45, 7) is 6.86. The van der Waals surface area contributed by atoms with E-state index in [2.05, 4.69) is 15.6 Å². The van der Waals surface area contributed by atoms with Crippen molar-refractivity contribution in [3.63, 3.8) is 0 Å². The van der Waals surface area contributed by atoms with Crippen LogP contribution in [0.2, 0.25) is 0 Å². The Balaban J connectivity index is 1.94. The molecule has 2 rings (SSSR count). The summed E-state index contributed by atoms with van der Waals surface area (Å²) in [5, 5.41) is 5.63. The molecule has 0 saturated carbocycles. The Morgan fingerprint density at radius 3 is 2.77 bits per heavy atom. The molecule has 1 aromatic carbocycles. The Morgan fingerprint density at radius 1 is 1.23 bits per heavy atom.